The number of nitrogens with one attached hydrogen (secondary N) is 1. The molecule has 0 atom stereocenters. The molecular formula is C19H23N5O3. The number of anilines is 2. The predicted molar refractivity (Wildman–Crippen MR) is 102 cm³/mol. The van der Waals surface area contributed by atoms with Gasteiger partial charge in [0.15, 0.2) is 0 Å². The van der Waals surface area contributed by atoms with Gasteiger partial charge < -0.3 is 19.9 Å². The highest BCUT2D eigenvalue weighted by Gasteiger charge is 2.20. The van der Waals surface area contributed by atoms with Crippen LogP contribution in [0.3, 0.4) is 0 Å². The van der Waals surface area contributed by atoms with Gasteiger partial charge in [-0.1, -0.05) is 6.07 Å². The molecule has 0 bridgehead atoms. The second-order valence-electron chi connectivity index (χ2n) is 6.44. The van der Waals surface area contributed by atoms with Crippen LogP contribution >= 0.6 is 0 Å². The molecule has 0 aliphatic carbocycles. The van der Waals surface area contributed by atoms with Crippen LogP contribution in [0.2, 0.25) is 0 Å². The summed E-state index contributed by atoms with van der Waals surface area (Å²) in [5.41, 5.74) is 1.90. The van der Waals surface area contributed by atoms with E-state index >= 15 is 0 Å². The average Bonchev–Trinajstić information content (AvgIpc) is 2.67. The Morgan fingerprint density at radius 3 is 2.56 bits per heavy atom. The summed E-state index contributed by atoms with van der Waals surface area (Å²) in [7, 11) is 1.56. The molecule has 2 amide bonds. The van der Waals surface area contributed by atoms with E-state index < -0.39 is 0 Å². The summed E-state index contributed by atoms with van der Waals surface area (Å²) >= 11 is 0. The number of rotatable bonds is 5. The van der Waals surface area contributed by atoms with Gasteiger partial charge in [0.05, 0.1) is 12.8 Å². The first-order valence-electron chi connectivity index (χ1n) is 8.76. The van der Waals surface area contributed by atoms with Crippen molar-refractivity contribution >= 4 is 23.8 Å². The van der Waals surface area contributed by atoms with Gasteiger partial charge in [0.25, 0.3) is 5.91 Å². The predicted octanol–water partition coefficient (Wildman–Crippen LogP) is 1.63. The molecule has 0 spiro atoms. The number of aryl methyl sites for hydroxylation is 2. The van der Waals surface area contributed by atoms with Crippen LogP contribution in [-0.2, 0) is 4.79 Å². The molecule has 1 aromatic heterocycles. The molecule has 142 valence electrons. The smallest absolute Gasteiger partial charge is 0.274 e. The molecule has 1 aromatic carbocycles. The van der Waals surface area contributed by atoms with Crippen LogP contribution in [-0.4, -0.2) is 60.5 Å². The molecule has 1 N–H and O–H groups in total. The van der Waals surface area contributed by atoms with Crippen molar-refractivity contribution in [3.63, 3.8) is 0 Å². The van der Waals surface area contributed by atoms with Crippen LogP contribution in [0.1, 0.15) is 21.9 Å². The maximum atomic E-state index is 12.7. The van der Waals surface area contributed by atoms with Crippen molar-refractivity contribution in [2.24, 2.45) is 0 Å². The van der Waals surface area contributed by atoms with E-state index in [0.29, 0.717) is 55.0 Å². The molecule has 1 saturated heterocycles. The van der Waals surface area contributed by atoms with Gasteiger partial charge in [-0.2, -0.15) is 0 Å². The maximum absolute atomic E-state index is 12.7. The number of aromatic nitrogens is 2. The average molecular weight is 369 g/mol. The molecule has 0 saturated carbocycles. The lowest BCUT2D eigenvalue weighted by Crippen LogP contribution is -2.46. The van der Waals surface area contributed by atoms with E-state index in [0.717, 1.165) is 12.0 Å². The van der Waals surface area contributed by atoms with E-state index in [1.165, 1.54) is 0 Å². The molecule has 1 aliphatic rings. The lowest BCUT2D eigenvalue weighted by molar-refractivity contribution is -0.118. The first-order valence-corrected chi connectivity index (χ1v) is 8.76. The Bertz CT molecular complexity index is 847. The van der Waals surface area contributed by atoms with Gasteiger partial charge in [0, 0.05) is 32.2 Å². The van der Waals surface area contributed by atoms with Gasteiger partial charge in [0.2, 0.25) is 6.41 Å². The highest BCUT2D eigenvalue weighted by atomic mass is 16.5. The van der Waals surface area contributed by atoms with E-state index in [1.807, 2.05) is 25.1 Å². The highest BCUT2D eigenvalue weighted by Crippen LogP contribution is 2.26. The fourth-order valence-electron chi connectivity index (χ4n) is 2.99. The number of methoxy groups -OCH3 is 1. The summed E-state index contributed by atoms with van der Waals surface area (Å²) in [5, 5.41) is 2.86. The van der Waals surface area contributed by atoms with Crippen LogP contribution in [0.4, 0.5) is 11.5 Å². The van der Waals surface area contributed by atoms with E-state index in [4.69, 9.17) is 4.74 Å². The van der Waals surface area contributed by atoms with Crippen molar-refractivity contribution < 1.29 is 14.3 Å². The lowest BCUT2D eigenvalue weighted by Gasteiger charge is -2.33. The minimum atomic E-state index is -0.322. The molecule has 2 aromatic rings. The topological polar surface area (TPSA) is 87.7 Å². The van der Waals surface area contributed by atoms with Crippen LogP contribution in [0.5, 0.6) is 5.75 Å². The third kappa shape index (κ3) is 4.33. The summed E-state index contributed by atoms with van der Waals surface area (Å²) < 4.78 is 5.31. The largest absolute Gasteiger partial charge is 0.495 e. The minimum absolute atomic E-state index is 0.291. The Labute approximate surface area is 158 Å². The molecule has 3 rings (SSSR count). The summed E-state index contributed by atoms with van der Waals surface area (Å²) in [6.07, 6.45) is 0.858. The van der Waals surface area contributed by atoms with Gasteiger partial charge in [-0.25, -0.2) is 9.97 Å². The van der Waals surface area contributed by atoms with E-state index in [-0.39, 0.29) is 5.91 Å². The number of hydrogen-bond acceptors (Lipinski definition) is 6. The number of benzene rings is 1. The lowest BCUT2D eigenvalue weighted by atomic mass is 10.2. The van der Waals surface area contributed by atoms with E-state index in [2.05, 4.69) is 20.2 Å². The van der Waals surface area contributed by atoms with Crippen LogP contribution in [0.25, 0.3) is 0 Å². The number of amides is 2. The fraction of sp³-hybridized carbons (Fsp3) is 0.368. The Morgan fingerprint density at radius 2 is 1.89 bits per heavy atom. The zero-order valence-corrected chi connectivity index (χ0v) is 15.7. The highest BCUT2D eigenvalue weighted by molar-refractivity contribution is 6.04. The number of carbonyl (C=O) groups is 2. The second-order valence-corrected chi connectivity index (χ2v) is 6.44. The first-order chi connectivity index (χ1) is 13.0. The van der Waals surface area contributed by atoms with Crippen molar-refractivity contribution in [1.82, 2.24) is 14.9 Å². The van der Waals surface area contributed by atoms with E-state index in [1.54, 1.807) is 25.0 Å². The number of piperazine rings is 1. The summed E-state index contributed by atoms with van der Waals surface area (Å²) in [6, 6.07) is 7.26. The van der Waals surface area contributed by atoms with Crippen LogP contribution < -0.4 is 15.0 Å². The molecule has 1 aliphatic heterocycles. The zero-order valence-electron chi connectivity index (χ0n) is 15.7. The van der Waals surface area contributed by atoms with Gasteiger partial charge >= 0.3 is 0 Å². The maximum Gasteiger partial charge on any atom is 0.274 e. The third-order valence-electron chi connectivity index (χ3n) is 4.45. The molecule has 27 heavy (non-hydrogen) atoms. The Hall–Kier alpha value is -3.16. The molecule has 2 heterocycles. The number of hydrogen-bond donors (Lipinski definition) is 1. The summed E-state index contributed by atoms with van der Waals surface area (Å²) in [4.78, 5) is 36.1. The summed E-state index contributed by atoms with van der Waals surface area (Å²) in [5.74, 6) is 1.48. The molecule has 8 nitrogen and oxygen atoms in total. The molecule has 0 radical (unpaired) electrons. The van der Waals surface area contributed by atoms with Crippen molar-refractivity contribution in [2.45, 2.75) is 13.8 Å². The number of ether oxygens (including phenoxy) is 1. The molecule has 1 fully saturated rings. The summed E-state index contributed by atoms with van der Waals surface area (Å²) in [6.45, 7) is 6.31. The second kappa shape index (κ2) is 8.03. The van der Waals surface area contributed by atoms with Crippen LogP contribution in [0.15, 0.2) is 24.3 Å². The monoisotopic (exact) mass is 369 g/mol. The van der Waals surface area contributed by atoms with Crippen LogP contribution in [0, 0.1) is 13.8 Å². The molecule has 8 heteroatoms. The normalized spacial score (nSPS) is 14.0. The quantitative estimate of drug-likeness (QED) is 0.806. The fourth-order valence-corrected chi connectivity index (χ4v) is 2.99. The third-order valence-corrected chi connectivity index (χ3v) is 4.45. The van der Waals surface area contributed by atoms with Crippen molar-refractivity contribution in [1.29, 1.82) is 0 Å². The Balaban J connectivity index is 1.81. The number of carbonyl (C=O) groups excluding carboxylic acids is 2. The van der Waals surface area contributed by atoms with Crippen molar-refractivity contribution in [3.05, 3.63) is 41.3 Å². The first kappa shape index (κ1) is 18.6. The van der Waals surface area contributed by atoms with Gasteiger partial charge in [0.1, 0.15) is 23.1 Å². The standard InChI is InChI=1S/C19H23N5O3/c1-13-4-5-17(27-3)15(10-13)22-19(26)16-11-18(21-14(2)20-16)24-8-6-23(12-25)7-9-24/h4-5,10-12H,6-9H2,1-3H3,(H,22,26). The molecular weight excluding hydrogens is 346 g/mol. The van der Waals surface area contributed by atoms with Crippen molar-refractivity contribution in [3.8, 4) is 5.75 Å². The van der Waals surface area contributed by atoms with E-state index in [9.17, 15) is 9.59 Å². The minimum Gasteiger partial charge on any atom is -0.495 e. The molecule has 0 unspecified atom stereocenters. The zero-order chi connectivity index (χ0) is 19.4. The SMILES string of the molecule is COc1ccc(C)cc1NC(=O)c1cc(N2CCN(C=O)CC2)nc(C)n1. The number of nitrogens with zero attached hydrogens (tertiary/aromatic N) is 4. The van der Waals surface area contributed by atoms with Gasteiger partial charge in [-0.3, -0.25) is 9.59 Å². The van der Waals surface area contributed by atoms with Gasteiger partial charge in [-0.15, -0.1) is 0 Å². The Kier molecular flexibility index (Phi) is 5.54. The van der Waals surface area contributed by atoms with Gasteiger partial charge in [-0.05, 0) is 31.5 Å². The Morgan fingerprint density at radius 1 is 1.15 bits per heavy atom. The van der Waals surface area contributed by atoms with Crippen molar-refractivity contribution in [2.75, 3.05) is 43.5 Å².